The Morgan fingerprint density at radius 1 is 1.06 bits per heavy atom. The normalized spacial score (nSPS) is 15.4. The molecular formula is C22H33N5O5. The highest BCUT2D eigenvalue weighted by molar-refractivity contribution is 6.05. The number of fused-ring (bicyclic) bond motifs is 1. The second kappa shape index (κ2) is 9.83. The van der Waals surface area contributed by atoms with Gasteiger partial charge in [-0.3, -0.25) is 28.1 Å². The van der Waals surface area contributed by atoms with Crippen LogP contribution in [0.3, 0.4) is 0 Å². The van der Waals surface area contributed by atoms with Crippen molar-refractivity contribution in [1.82, 2.24) is 23.5 Å². The molecule has 3 rings (SSSR count). The molecule has 1 aliphatic rings. The van der Waals surface area contributed by atoms with Crippen molar-refractivity contribution in [3.8, 4) is 0 Å². The minimum Gasteiger partial charge on any atom is -0.382 e. The molecule has 1 aliphatic heterocycles. The van der Waals surface area contributed by atoms with E-state index in [-0.39, 0.29) is 28.5 Å². The first kappa shape index (κ1) is 23.9. The number of amides is 1. The Kier molecular flexibility index (Phi) is 7.35. The van der Waals surface area contributed by atoms with Gasteiger partial charge in [-0.2, -0.15) is 0 Å². The summed E-state index contributed by atoms with van der Waals surface area (Å²) in [7, 11) is 6.42. The summed E-state index contributed by atoms with van der Waals surface area (Å²) in [5.41, 5.74) is -1.38. The van der Waals surface area contributed by atoms with Gasteiger partial charge in [-0.25, -0.2) is 4.79 Å². The van der Waals surface area contributed by atoms with E-state index in [0.29, 0.717) is 26.2 Å². The number of carbonyl (C=O) groups excluding carboxylic acids is 1. The highest BCUT2D eigenvalue weighted by atomic mass is 16.5. The van der Waals surface area contributed by atoms with E-state index in [4.69, 9.17) is 4.74 Å². The van der Waals surface area contributed by atoms with Crippen molar-refractivity contribution in [2.24, 2.45) is 21.1 Å². The summed E-state index contributed by atoms with van der Waals surface area (Å²) >= 11 is 0. The Balaban J connectivity index is 2.14. The maximum Gasteiger partial charge on any atom is 0.332 e. The molecule has 2 aromatic heterocycles. The Morgan fingerprint density at radius 3 is 2.34 bits per heavy atom. The van der Waals surface area contributed by atoms with Gasteiger partial charge in [0.05, 0.1) is 10.9 Å². The molecule has 0 unspecified atom stereocenters. The average molecular weight is 448 g/mol. The second-order valence-corrected chi connectivity index (χ2v) is 8.44. The molecule has 176 valence electrons. The van der Waals surface area contributed by atoms with Crippen molar-refractivity contribution in [2.45, 2.75) is 32.2 Å². The molecule has 1 saturated heterocycles. The molecule has 0 saturated carbocycles. The maximum absolute atomic E-state index is 13.8. The van der Waals surface area contributed by atoms with Gasteiger partial charge in [-0.15, -0.1) is 0 Å². The monoisotopic (exact) mass is 447 g/mol. The number of pyridine rings is 1. The minimum absolute atomic E-state index is 0.0100. The zero-order valence-corrected chi connectivity index (χ0v) is 19.6. The number of rotatable bonds is 7. The van der Waals surface area contributed by atoms with E-state index < -0.39 is 16.8 Å². The number of aryl methyl sites for hydroxylation is 2. The van der Waals surface area contributed by atoms with Gasteiger partial charge in [0.1, 0.15) is 5.65 Å². The fourth-order valence-corrected chi connectivity index (χ4v) is 4.42. The van der Waals surface area contributed by atoms with Crippen molar-refractivity contribution in [1.29, 1.82) is 0 Å². The van der Waals surface area contributed by atoms with Crippen LogP contribution in [0.25, 0.3) is 11.0 Å². The third kappa shape index (κ3) is 4.42. The molecule has 10 heteroatoms. The van der Waals surface area contributed by atoms with Crippen LogP contribution in [0.5, 0.6) is 0 Å². The zero-order chi connectivity index (χ0) is 23.6. The van der Waals surface area contributed by atoms with E-state index in [9.17, 15) is 19.2 Å². The fourth-order valence-electron chi connectivity index (χ4n) is 4.42. The highest BCUT2D eigenvalue weighted by Crippen LogP contribution is 2.21. The first-order valence-corrected chi connectivity index (χ1v) is 11.1. The van der Waals surface area contributed by atoms with Crippen molar-refractivity contribution < 1.29 is 9.53 Å². The standard InChI is InChI=1S/C22H33N5O5/c1-6-32-13-7-10-27(15-8-11-23(2)12-9-15)20(29)16-14-17(28)24(3)19-18(16)21(30)26(5)22(31)25(19)4/h14-15H,6-13H2,1-5H3. The molecule has 2 aromatic rings. The Hall–Kier alpha value is -2.72. The van der Waals surface area contributed by atoms with Gasteiger partial charge in [-0.1, -0.05) is 0 Å². The van der Waals surface area contributed by atoms with Crippen LogP contribution in [-0.2, 0) is 25.9 Å². The number of aromatic nitrogens is 3. The third-order valence-corrected chi connectivity index (χ3v) is 6.33. The van der Waals surface area contributed by atoms with Crippen LogP contribution in [0.1, 0.15) is 36.5 Å². The summed E-state index contributed by atoms with van der Waals surface area (Å²) in [5.74, 6) is -0.352. The van der Waals surface area contributed by atoms with Gasteiger partial charge in [0.15, 0.2) is 0 Å². The molecule has 3 heterocycles. The van der Waals surface area contributed by atoms with Crippen LogP contribution >= 0.6 is 0 Å². The molecule has 0 aliphatic carbocycles. The summed E-state index contributed by atoms with van der Waals surface area (Å²) in [6.45, 7) is 5.26. The van der Waals surface area contributed by atoms with Crippen molar-refractivity contribution in [2.75, 3.05) is 39.9 Å². The van der Waals surface area contributed by atoms with Crippen LogP contribution in [0.2, 0.25) is 0 Å². The molecule has 0 radical (unpaired) electrons. The topological polar surface area (TPSA) is 98.8 Å². The first-order valence-electron chi connectivity index (χ1n) is 11.1. The van der Waals surface area contributed by atoms with Crippen LogP contribution in [0.15, 0.2) is 20.4 Å². The summed E-state index contributed by atoms with van der Waals surface area (Å²) < 4.78 is 8.90. The summed E-state index contributed by atoms with van der Waals surface area (Å²) in [6.07, 6.45) is 2.29. The third-order valence-electron chi connectivity index (χ3n) is 6.33. The number of hydrogen-bond donors (Lipinski definition) is 0. The van der Waals surface area contributed by atoms with E-state index in [0.717, 1.165) is 30.5 Å². The molecule has 0 atom stereocenters. The van der Waals surface area contributed by atoms with Gasteiger partial charge in [-0.05, 0) is 46.3 Å². The number of hydrogen-bond acceptors (Lipinski definition) is 6. The van der Waals surface area contributed by atoms with Gasteiger partial charge < -0.3 is 14.5 Å². The van der Waals surface area contributed by atoms with Crippen LogP contribution in [0.4, 0.5) is 0 Å². The smallest absolute Gasteiger partial charge is 0.332 e. The molecule has 0 aromatic carbocycles. The predicted octanol–water partition coefficient (Wildman–Crippen LogP) is -0.101. The number of ether oxygens (including phenoxy) is 1. The lowest BCUT2D eigenvalue weighted by molar-refractivity contribution is 0.0552. The average Bonchev–Trinajstić information content (AvgIpc) is 2.78. The number of likely N-dealkylation sites (tertiary alicyclic amines) is 1. The Labute approximate surface area is 186 Å². The molecule has 32 heavy (non-hydrogen) atoms. The van der Waals surface area contributed by atoms with Gasteiger partial charge in [0.2, 0.25) is 0 Å². The molecule has 0 bridgehead atoms. The maximum atomic E-state index is 13.8. The van der Waals surface area contributed by atoms with Crippen molar-refractivity contribution in [3.63, 3.8) is 0 Å². The molecule has 0 spiro atoms. The molecular weight excluding hydrogens is 414 g/mol. The summed E-state index contributed by atoms with van der Waals surface area (Å²) in [5, 5.41) is 0.0874. The van der Waals surface area contributed by atoms with Crippen LogP contribution in [-0.4, -0.2) is 75.3 Å². The lowest BCUT2D eigenvalue weighted by Gasteiger charge is -2.37. The predicted molar refractivity (Wildman–Crippen MR) is 122 cm³/mol. The number of nitrogens with zero attached hydrogens (tertiary/aromatic N) is 5. The van der Waals surface area contributed by atoms with Gasteiger partial charge in [0.25, 0.3) is 17.0 Å². The molecule has 1 amide bonds. The summed E-state index contributed by atoms with van der Waals surface area (Å²) in [4.78, 5) is 56.0. The van der Waals surface area contributed by atoms with E-state index in [1.165, 1.54) is 36.3 Å². The molecule has 10 nitrogen and oxygen atoms in total. The highest BCUT2D eigenvalue weighted by Gasteiger charge is 2.30. The van der Waals surface area contributed by atoms with Gasteiger partial charge in [0, 0.05) is 53.0 Å². The Bertz CT molecular complexity index is 1170. The number of carbonyl (C=O) groups is 1. The van der Waals surface area contributed by atoms with E-state index >= 15 is 0 Å². The largest absolute Gasteiger partial charge is 0.382 e. The van der Waals surface area contributed by atoms with Crippen LogP contribution < -0.4 is 16.8 Å². The van der Waals surface area contributed by atoms with Crippen molar-refractivity contribution in [3.05, 3.63) is 42.8 Å². The zero-order valence-electron chi connectivity index (χ0n) is 19.6. The fraction of sp³-hybridized carbons (Fsp3) is 0.636. The lowest BCUT2D eigenvalue weighted by atomic mass is 10.0. The minimum atomic E-state index is -0.584. The van der Waals surface area contributed by atoms with Crippen LogP contribution in [0, 0.1) is 0 Å². The summed E-state index contributed by atoms with van der Waals surface area (Å²) in [6, 6.07) is 1.23. The van der Waals surface area contributed by atoms with Gasteiger partial charge >= 0.3 is 5.69 Å². The van der Waals surface area contributed by atoms with Crippen molar-refractivity contribution >= 4 is 16.9 Å². The Morgan fingerprint density at radius 2 is 1.72 bits per heavy atom. The van der Waals surface area contributed by atoms with E-state index in [2.05, 4.69) is 11.9 Å². The number of piperidine rings is 1. The quantitative estimate of drug-likeness (QED) is 0.550. The SMILES string of the molecule is CCOCCCN(C(=O)c1cc(=O)n(C)c2c1c(=O)n(C)c(=O)n2C)C1CCN(C)CC1. The molecule has 0 N–H and O–H groups in total. The second-order valence-electron chi connectivity index (χ2n) is 8.44. The lowest BCUT2D eigenvalue weighted by Crippen LogP contribution is -2.48. The van der Waals surface area contributed by atoms with E-state index in [1.54, 1.807) is 4.90 Å². The molecule has 1 fully saturated rings. The van der Waals surface area contributed by atoms with E-state index in [1.807, 2.05) is 6.92 Å². The first-order chi connectivity index (χ1) is 15.2.